The van der Waals surface area contributed by atoms with E-state index >= 15 is 0 Å². The molecule has 180 valence electrons. The number of hydrogen-bond donors (Lipinski definition) is 4. The molecule has 3 aromatic carbocycles. The number of carbonyl (C=O) groups is 1. The van der Waals surface area contributed by atoms with Gasteiger partial charge in [0.2, 0.25) is 0 Å². The van der Waals surface area contributed by atoms with Gasteiger partial charge in [-0.2, -0.15) is 5.48 Å². The molecule has 1 unspecified atom stereocenters. The van der Waals surface area contributed by atoms with E-state index in [2.05, 4.69) is 5.48 Å². The Morgan fingerprint density at radius 2 is 1.35 bits per heavy atom. The number of phenolic OH excluding ortho intramolecular Hbond substituents is 1. The number of hydrogen-bond acceptors (Lipinski definition) is 7. The van der Waals surface area contributed by atoms with Crippen molar-refractivity contribution in [2.45, 2.75) is 25.0 Å². The summed E-state index contributed by atoms with van der Waals surface area (Å²) in [5.74, 6) is 0.594. The lowest BCUT2D eigenvalue weighted by molar-refractivity contribution is -0.148. The summed E-state index contributed by atoms with van der Waals surface area (Å²) in [4.78, 5) is 11.1. The Morgan fingerprint density at radius 3 is 1.82 bits per heavy atom. The number of nitrogens with one attached hydrogen (secondary N) is 1. The Kier molecular flexibility index (Phi) is 9.28. The van der Waals surface area contributed by atoms with Crippen LogP contribution in [0.25, 0.3) is 0 Å². The van der Waals surface area contributed by atoms with E-state index in [0.717, 1.165) is 16.7 Å². The van der Waals surface area contributed by atoms with Crippen LogP contribution < -0.4 is 15.0 Å². The molecule has 2 atom stereocenters. The largest absolute Gasteiger partial charge is 0.508 e. The van der Waals surface area contributed by atoms with Crippen LogP contribution in [0.5, 0.6) is 17.2 Å². The lowest BCUT2D eigenvalue weighted by Crippen LogP contribution is -2.24. The number of carboxylic acid groups (broad SMARTS) is 1. The van der Waals surface area contributed by atoms with Crippen molar-refractivity contribution < 1.29 is 34.4 Å². The minimum Gasteiger partial charge on any atom is -0.508 e. The number of benzene rings is 3. The molecule has 3 rings (SSSR count). The molecular weight excluding hydrogens is 438 g/mol. The number of hydroxylamine groups is 1. The van der Waals surface area contributed by atoms with Crippen molar-refractivity contribution in [2.24, 2.45) is 0 Å². The zero-order chi connectivity index (χ0) is 24.3. The Bertz CT molecular complexity index is 1020. The maximum atomic E-state index is 11.1. The third-order valence-corrected chi connectivity index (χ3v) is 5.30. The molecular formula is C26H29NO7. The number of aromatic hydroxyl groups is 1. The van der Waals surface area contributed by atoms with Gasteiger partial charge < -0.3 is 29.6 Å². The van der Waals surface area contributed by atoms with E-state index in [9.17, 15) is 15.1 Å². The molecule has 3 aromatic rings. The van der Waals surface area contributed by atoms with Crippen LogP contribution in [0.15, 0.2) is 72.8 Å². The van der Waals surface area contributed by atoms with E-state index in [0.29, 0.717) is 37.6 Å². The number of phenols is 1. The van der Waals surface area contributed by atoms with Crippen LogP contribution in [0.4, 0.5) is 0 Å². The molecule has 0 aromatic heterocycles. The van der Waals surface area contributed by atoms with Gasteiger partial charge in [-0.1, -0.05) is 36.4 Å². The highest BCUT2D eigenvalue weighted by molar-refractivity contribution is 5.72. The number of ether oxygens (including phenoxy) is 3. The Morgan fingerprint density at radius 1 is 0.853 bits per heavy atom. The molecule has 0 aliphatic carbocycles. The lowest BCUT2D eigenvalue weighted by Gasteiger charge is -2.16. The van der Waals surface area contributed by atoms with Crippen molar-refractivity contribution >= 4 is 5.97 Å². The van der Waals surface area contributed by atoms with Gasteiger partial charge in [0.05, 0.1) is 19.3 Å². The van der Waals surface area contributed by atoms with Crippen LogP contribution in [-0.4, -0.2) is 47.8 Å². The number of rotatable bonds is 13. The van der Waals surface area contributed by atoms with Gasteiger partial charge in [-0.15, -0.1) is 0 Å². The van der Waals surface area contributed by atoms with Crippen molar-refractivity contribution in [3.63, 3.8) is 0 Å². The van der Waals surface area contributed by atoms with Gasteiger partial charge in [0.15, 0.2) is 6.10 Å². The minimum absolute atomic E-state index is 0.168. The first-order chi connectivity index (χ1) is 16.5. The van der Waals surface area contributed by atoms with Crippen LogP contribution >= 0.6 is 0 Å². The highest BCUT2D eigenvalue weighted by Gasteiger charge is 2.16. The van der Waals surface area contributed by atoms with Gasteiger partial charge in [-0.3, -0.25) is 0 Å². The zero-order valence-corrected chi connectivity index (χ0v) is 18.9. The molecule has 0 aliphatic rings. The molecule has 0 saturated heterocycles. The summed E-state index contributed by atoms with van der Waals surface area (Å²) in [6, 6.07) is 20.9. The molecule has 34 heavy (non-hydrogen) atoms. The molecule has 0 heterocycles. The van der Waals surface area contributed by atoms with Gasteiger partial charge in [0.25, 0.3) is 0 Å². The monoisotopic (exact) mass is 467 g/mol. The van der Waals surface area contributed by atoms with Crippen LogP contribution in [-0.2, 0) is 16.0 Å². The van der Waals surface area contributed by atoms with Crippen molar-refractivity contribution in [2.75, 3.05) is 20.3 Å². The summed E-state index contributed by atoms with van der Waals surface area (Å²) in [6.07, 6.45) is 0.113. The predicted octanol–water partition coefficient (Wildman–Crippen LogP) is 3.95. The van der Waals surface area contributed by atoms with Crippen LogP contribution in [0.2, 0.25) is 0 Å². The van der Waals surface area contributed by atoms with E-state index < -0.39 is 18.1 Å². The van der Waals surface area contributed by atoms with E-state index in [1.165, 1.54) is 7.11 Å². The fraction of sp³-hybridized carbons (Fsp3) is 0.269. The summed E-state index contributed by atoms with van der Waals surface area (Å²) < 4.78 is 16.4. The van der Waals surface area contributed by atoms with Gasteiger partial charge in [0, 0.05) is 20.0 Å². The Hall–Kier alpha value is -3.59. The van der Waals surface area contributed by atoms with E-state index in [4.69, 9.17) is 19.3 Å². The highest BCUT2D eigenvalue weighted by Crippen LogP contribution is 2.25. The number of aliphatic carboxylic acids is 1. The highest BCUT2D eigenvalue weighted by atomic mass is 16.5. The van der Waals surface area contributed by atoms with Gasteiger partial charge >= 0.3 is 5.97 Å². The van der Waals surface area contributed by atoms with Gasteiger partial charge in [-0.05, 0) is 53.1 Å². The quantitative estimate of drug-likeness (QED) is 0.221. The topological polar surface area (TPSA) is 117 Å². The average Bonchev–Trinajstić information content (AvgIpc) is 2.85. The van der Waals surface area contributed by atoms with Gasteiger partial charge in [0.1, 0.15) is 17.2 Å². The number of carboxylic acids is 1. The first-order valence-corrected chi connectivity index (χ1v) is 10.9. The standard InChI is InChI=1S/C26H29NO7/c1-32-24(26(29)30)17-18-3-11-22(12-4-18)33-15-2-16-34-23-13-7-20(8-14-23)25(27-31)19-5-9-21(28)10-6-19/h3-14,24-25,27-28,31H,2,15-17H2,1H3,(H,29,30)/t24-,25?/m0/s1. The van der Waals surface area contributed by atoms with E-state index in [1.54, 1.807) is 24.3 Å². The van der Waals surface area contributed by atoms with Crippen molar-refractivity contribution in [3.8, 4) is 17.2 Å². The predicted molar refractivity (Wildman–Crippen MR) is 125 cm³/mol. The van der Waals surface area contributed by atoms with Crippen LogP contribution in [0.1, 0.15) is 29.2 Å². The molecule has 0 radical (unpaired) electrons. The van der Waals surface area contributed by atoms with Crippen molar-refractivity contribution in [1.29, 1.82) is 0 Å². The second-order valence-corrected chi connectivity index (χ2v) is 7.68. The fourth-order valence-corrected chi connectivity index (χ4v) is 3.41. The SMILES string of the molecule is CO[C@@H](Cc1ccc(OCCCOc2ccc(C(NO)c3ccc(O)cc3)cc2)cc1)C(=O)O. The molecule has 0 aliphatic heterocycles. The smallest absolute Gasteiger partial charge is 0.333 e. The zero-order valence-electron chi connectivity index (χ0n) is 18.9. The van der Waals surface area contributed by atoms with Crippen LogP contribution in [0, 0.1) is 0 Å². The molecule has 0 fully saturated rings. The van der Waals surface area contributed by atoms with Crippen LogP contribution in [0.3, 0.4) is 0 Å². The molecule has 0 spiro atoms. The number of methoxy groups -OCH3 is 1. The summed E-state index contributed by atoms with van der Waals surface area (Å²) >= 11 is 0. The molecule has 0 bridgehead atoms. The Balaban J connectivity index is 1.41. The maximum absolute atomic E-state index is 11.1. The molecule has 8 nitrogen and oxygen atoms in total. The third-order valence-electron chi connectivity index (χ3n) is 5.30. The van der Waals surface area contributed by atoms with Gasteiger partial charge in [-0.25, -0.2) is 4.79 Å². The average molecular weight is 468 g/mol. The Labute approximate surface area is 198 Å². The maximum Gasteiger partial charge on any atom is 0.333 e. The molecule has 4 N–H and O–H groups in total. The second-order valence-electron chi connectivity index (χ2n) is 7.68. The third kappa shape index (κ3) is 7.21. The van der Waals surface area contributed by atoms with E-state index in [-0.39, 0.29) is 5.75 Å². The minimum atomic E-state index is -0.986. The fourth-order valence-electron chi connectivity index (χ4n) is 3.41. The summed E-state index contributed by atoms with van der Waals surface area (Å²) in [6.45, 7) is 0.954. The molecule has 0 amide bonds. The summed E-state index contributed by atoms with van der Waals surface area (Å²) in [5, 5.41) is 28.1. The summed E-state index contributed by atoms with van der Waals surface area (Å²) in [7, 11) is 1.38. The molecule has 8 heteroatoms. The van der Waals surface area contributed by atoms with Crippen molar-refractivity contribution in [1.82, 2.24) is 5.48 Å². The molecule has 0 saturated carbocycles. The van der Waals surface area contributed by atoms with E-state index in [1.807, 2.05) is 48.5 Å². The summed E-state index contributed by atoms with van der Waals surface area (Å²) in [5.41, 5.74) is 4.83. The first kappa shape index (κ1) is 25.0. The normalized spacial score (nSPS) is 12.6. The second kappa shape index (κ2) is 12.6. The first-order valence-electron chi connectivity index (χ1n) is 10.9. The lowest BCUT2D eigenvalue weighted by atomic mass is 9.99. The van der Waals surface area contributed by atoms with Crippen molar-refractivity contribution in [3.05, 3.63) is 89.5 Å².